The molecule has 8 nitrogen and oxygen atoms in total. The number of nitrogens with one attached hydrogen (secondary N) is 2. The maximum Gasteiger partial charge on any atom is 0.194 e. The Balaban J connectivity index is 1.79. The summed E-state index contributed by atoms with van der Waals surface area (Å²) in [6.07, 6.45) is 9.06. The number of aromatic hydroxyl groups is 1. The molecular formula is C37H40N2O6. The number of ether oxygens (including phenoxy) is 3. The van der Waals surface area contributed by atoms with Gasteiger partial charge in [-0.1, -0.05) is 51.2 Å². The Morgan fingerprint density at radius 3 is 1.96 bits per heavy atom. The Labute approximate surface area is 261 Å². The van der Waals surface area contributed by atoms with Crippen molar-refractivity contribution in [2.45, 2.75) is 71.3 Å². The number of benzene rings is 5. The lowest BCUT2D eigenvalue weighted by Gasteiger charge is -2.42. The van der Waals surface area contributed by atoms with Crippen molar-refractivity contribution in [3.05, 3.63) is 49.3 Å². The van der Waals surface area contributed by atoms with Gasteiger partial charge in [-0.25, -0.2) is 0 Å². The summed E-state index contributed by atoms with van der Waals surface area (Å²) in [6, 6.07) is 2.94. The standard InChI is InChI=1S/C37H40N2O6/c1-7-9-11-37(12-10-8-2)17-38-34-27-21(40)15-23(43-4)29-30-24(44-5)16-22(41)28-32(30)26-20(36(45-6)35(28)42)14-18(3)13-19(33(34)39-37)25(26)31(27)29/h13,15-16,38-39,42H,7-12,14,17H2,1-6H3. The van der Waals surface area contributed by atoms with Crippen LogP contribution in [-0.2, 0) is 6.42 Å². The van der Waals surface area contributed by atoms with Crippen molar-refractivity contribution in [3.8, 4) is 23.0 Å². The smallest absolute Gasteiger partial charge is 0.194 e. The van der Waals surface area contributed by atoms with E-state index in [1.165, 1.54) is 26.4 Å². The average Bonchev–Trinajstić information content (AvgIpc) is 3.19. The molecular weight excluding hydrogens is 568 g/mol. The molecule has 0 fully saturated rings. The van der Waals surface area contributed by atoms with Crippen LogP contribution in [0.2, 0.25) is 0 Å². The van der Waals surface area contributed by atoms with Crippen LogP contribution in [0.15, 0.2) is 27.3 Å². The molecule has 5 aromatic rings. The van der Waals surface area contributed by atoms with Crippen molar-refractivity contribution in [2.75, 3.05) is 38.5 Å². The molecule has 8 heteroatoms. The van der Waals surface area contributed by atoms with Crippen LogP contribution in [0.3, 0.4) is 0 Å². The number of anilines is 2. The monoisotopic (exact) mass is 608 g/mol. The Morgan fingerprint density at radius 2 is 1.38 bits per heavy atom. The minimum absolute atomic E-state index is 0.148. The predicted molar refractivity (Wildman–Crippen MR) is 184 cm³/mol. The van der Waals surface area contributed by atoms with Crippen molar-refractivity contribution in [3.63, 3.8) is 0 Å². The number of rotatable bonds is 9. The lowest BCUT2D eigenvalue weighted by atomic mass is 9.80. The molecule has 5 aromatic carbocycles. The van der Waals surface area contributed by atoms with Gasteiger partial charge in [0.05, 0.1) is 49.0 Å². The predicted octanol–water partition coefficient (Wildman–Crippen LogP) is 7.54. The van der Waals surface area contributed by atoms with Crippen molar-refractivity contribution in [1.29, 1.82) is 0 Å². The summed E-state index contributed by atoms with van der Waals surface area (Å²) in [5, 5.41) is 24.5. The van der Waals surface area contributed by atoms with E-state index in [2.05, 4.69) is 37.5 Å². The zero-order valence-electron chi connectivity index (χ0n) is 26.9. The molecule has 0 radical (unpaired) electrons. The van der Waals surface area contributed by atoms with Crippen molar-refractivity contribution >= 4 is 60.5 Å². The zero-order chi connectivity index (χ0) is 31.8. The molecule has 0 unspecified atom stereocenters. The van der Waals surface area contributed by atoms with Crippen LogP contribution in [0.4, 0.5) is 11.4 Å². The number of methoxy groups -OCH3 is 3. The topological polar surface area (TPSA) is 106 Å². The lowest BCUT2D eigenvalue weighted by Crippen LogP contribution is -2.48. The summed E-state index contributed by atoms with van der Waals surface area (Å²) in [5.74, 6) is 0.841. The maximum absolute atomic E-state index is 14.2. The van der Waals surface area contributed by atoms with E-state index in [-0.39, 0.29) is 33.3 Å². The molecule has 0 spiro atoms. The summed E-state index contributed by atoms with van der Waals surface area (Å²) >= 11 is 0. The van der Waals surface area contributed by atoms with Crippen LogP contribution < -0.4 is 35.7 Å². The van der Waals surface area contributed by atoms with Gasteiger partial charge < -0.3 is 30.0 Å². The van der Waals surface area contributed by atoms with Gasteiger partial charge in [-0.05, 0) is 31.6 Å². The molecule has 45 heavy (non-hydrogen) atoms. The van der Waals surface area contributed by atoms with E-state index in [0.29, 0.717) is 46.0 Å². The normalized spacial score (nSPS) is 15.3. The van der Waals surface area contributed by atoms with Crippen molar-refractivity contribution in [1.82, 2.24) is 0 Å². The first-order valence-electron chi connectivity index (χ1n) is 16.0. The van der Waals surface area contributed by atoms with Gasteiger partial charge in [0, 0.05) is 56.7 Å². The fourth-order valence-electron chi connectivity index (χ4n) is 8.09. The highest BCUT2D eigenvalue weighted by atomic mass is 16.5. The third-order valence-corrected chi connectivity index (χ3v) is 10.1. The van der Waals surface area contributed by atoms with Crippen LogP contribution in [0.25, 0.3) is 49.2 Å². The molecule has 2 aliphatic rings. The molecule has 0 aromatic heterocycles. The van der Waals surface area contributed by atoms with Gasteiger partial charge in [0.25, 0.3) is 0 Å². The van der Waals surface area contributed by atoms with Crippen molar-refractivity contribution in [2.24, 2.45) is 0 Å². The summed E-state index contributed by atoms with van der Waals surface area (Å²) in [4.78, 5) is 27.9. The second-order valence-electron chi connectivity index (χ2n) is 12.8. The van der Waals surface area contributed by atoms with Gasteiger partial charge in [-0.15, -0.1) is 0 Å². The number of phenolic OH excluding ortho intramolecular Hbond substituents is 1. The van der Waals surface area contributed by atoms with E-state index in [1.807, 2.05) is 0 Å². The third-order valence-electron chi connectivity index (χ3n) is 10.1. The van der Waals surface area contributed by atoms with E-state index < -0.39 is 0 Å². The average molecular weight is 609 g/mol. The zero-order valence-corrected chi connectivity index (χ0v) is 26.9. The SMILES string of the molecule is CCCCC1(CCCC)CNc2c(c3c4c5c(c(OC)c(O)c6c(=O)cc(OC)c(c7c(OC)cc(=O)c2c74)c65)CC(C)=C3)N1. The summed E-state index contributed by atoms with van der Waals surface area (Å²) < 4.78 is 17.6. The van der Waals surface area contributed by atoms with Gasteiger partial charge in [0.2, 0.25) is 0 Å². The first-order chi connectivity index (χ1) is 21.7. The maximum atomic E-state index is 14.2. The van der Waals surface area contributed by atoms with E-state index in [9.17, 15) is 14.7 Å². The number of hydrogen-bond acceptors (Lipinski definition) is 8. The van der Waals surface area contributed by atoms with Crippen LogP contribution in [0, 0.1) is 0 Å². The highest BCUT2D eigenvalue weighted by molar-refractivity contribution is 6.40. The van der Waals surface area contributed by atoms with E-state index in [4.69, 9.17) is 14.2 Å². The fourth-order valence-corrected chi connectivity index (χ4v) is 8.09. The Kier molecular flexibility index (Phi) is 6.87. The van der Waals surface area contributed by atoms with Gasteiger partial charge in [-0.2, -0.15) is 0 Å². The number of phenols is 1. The molecule has 7 rings (SSSR count). The molecule has 1 aliphatic carbocycles. The number of fused-ring (bicyclic) bond motifs is 4. The second-order valence-corrected chi connectivity index (χ2v) is 12.8. The molecule has 0 atom stereocenters. The van der Waals surface area contributed by atoms with Crippen LogP contribution >= 0.6 is 0 Å². The summed E-state index contributed by atoms with van der Waals surface area (Å²) in [7, 11) is 4.59. The molecule has 0 saturated heterocycles. The molecule has 3 N–H and O–H groups in total. The molecule has 0 saturated carbocycles. The van der Waals surface area contributed by atoms with Crippen molar-refractivity contribution < 1.29 is 19.3 Å². The number of hydrogen-bond donors (Lipinski definition) is 3. The van der Waals surface area contributed by atoms with E-state index in [0.717, 1.165) is 82.8 Å². The fraction of sp³-hybridized carbons (Fsp3) is 0.405. The summed E-state index contributed by atoms with van der Waals surface area (Å²) in [5.41, 5.74) is 3.81. The summed E-state index contributed by atoms with van der Waals surface area (Å²) in [6.45, 7) is 7.21. The third kappa shape index (κ3) is 3.97. The highest BCUT2D eigenvalue weighted by Crippen LogP contribution is 2.57. The minimum atomic E-state index is -0.366. The van der Waals surface area contributed by atoms with Gasteiger partial charge in [0.15, 0.2) is 22.4 Å². The van der Waals surface area contributed by atoms with Crippen LogP contribution in [-0.4, -0.2) is 38.5 Å². The molecule has 234 valence electrons. The second kappa shape index (κ2) is 10.6. The molecule has 1 heterocycles. The first kappa shape index (κ1) is 29.3. The van der Waals surface area contributed by atoms with E-state index >= 15 is 0 Å². The van der Waals surface area contributed by atoms with Crippen LogP contribution in [0.1, 0.15) is 70.4 Å². The Hall–Kier alpha value is -4.46. The van der Waals surface area contributed by atoms with Gasteiger partial charge in [-0.3, -0.25) is 9.59 Å². The Bertz CT molecular complexity index is 2160. The number of allylic oxidation sites excluding steroid dienone is 1. The minimum Gasteiger partial charge on any atom is -0.504 e. The Morgan fingerprint density at radius 1 is 0.778 bits per heavy atom. The van der Waals surface area contributed by atoms with E-state index in [1.54, 1.807) is 7.11 Å². The quantitative estimate of drug-likeness (QED) is 0.116. The molecule has 0 bridgehead atoms. The molecule has 1 aliphatic heterocycles. The van der Waals surface area contributed by atoms with Gasteiger partial charge >= 0.3 is 0 Å². The first-order valence-corrected chi connectivity index (χ1v) is 16.0. The highest BCUT2D eigenvalue weighted by Gasteiger charge is 2.38. The molecule has 0 amide bonds. The van der Waals surface area contributed by atoms with Gasteiger partial charge in [0.1, 0.15) is 11.5 Å². The number of unbranched alkanes of at least 4 members (excludes halogenated alkanes) is 2. The lowest BCUT2D eigenvalue weighted by molar-refractivity contribution is 0.373. The van der Waals surface area contributed by atoms with Crippen LogP contribution in [0.5, 0.6) is 23.0 Å². The largest absolute Gasteiger partial charge is 0.504 e.